The quantitative estimate of drug-likeness (QED) is 0.699. The highest BCUT2D eigenvalue weighted by atomic mass is 35.5. The topological polar surface area (TPSA) is 26.0 Å². The first-order chi connectivity index (χ1) is 11.2. The van der Waals surface area contributed by atoms with Gasteiger partial charge in [-0.05, 0) is 12.0 Å². The van der Waals surface area contributed by atoms with E-state index in [0.717, 1.165) is 6.42 Å². The van der Waals surface area contributed by atoms with Gasteiger partial charge in [-0.3, -0.25) is 0 Å². The minimum absolute atomic E-state index is 0. The van der Waals surface area contributed by atoms with Crippen molar-refractivity contribution < 1.29 is 0 Å². The lowest BCUT2D eigenvalue weighted by molar-refractivity contribution is 0.860. The van der Waals surface area contributed by atoms with Gasteiger partial charge in [-0.15, -0.1) is 12.4 Å². The van der Waals surface area contributed by atoms with Crippen LogP contribution in [0.3, 0.4) is 0 Å². The molecule has 3 heteroatoms. The number of halogens is 1. The summed E-state index contributed by atoms with van der Waals surface area (Å²) in [6.45, 7) is 2.39. The van der Waals surface area contributed by atoms with Gasteiger partial charge < -0.3 is 5.73 Å². The lowest BCUT2D eigenvalue weighted by atomic mass is 10.1. The van der Waals surface area contributed by atoms with Crippen molar-refractivity contribution in [3.63, 3.8) is 0 Å². The maximum atomic E-state index is 6.81. The van der Waals surface area contributed by atoms with Crippen LogP contribution >= 0.6 is 12.4 Å². The van der Waals surface area contributed by atoms with Crippen LogP contribution < -0.4 is 16.1 Å². The molecule has 0 fully saturated rings. The summed E-state index contributed by atoms with van der Waals surface area (Å²) in [6.07, 6.45) is 0.910. The molecule has 124 valence electrons. The Labute approximate surface area is 152 Å². The second-order valence-corrected chi connectivity index (χ2v) is 10.5. The first kappa shape index (κ1) is 18.5. The van der Waals surface area contributed by atoms with Gasteiger partial charge in [0.2, 0.25) is 0 Å². The molecule has 0 aromatic heterocycles. The lowest BCUT2D eigenvalue weighted by Gasteiger charge is -2.35. The van der Waals surface area contributed by atoms with Gasteiger partial charge >= 0.3 is 0 Å². The number of nitrogens with two attached hydrogens (primary N) is 1. The summed E-state index contributed by atoms with van der Waals surface area (Å²) in [7, 11) is -2.01. The van der Waals surface area contributed by atoms with Crippen LogP contribution in [-0.4, -0.2) is 13.7 Å². The summed E-state index contributed by atoms with van der Waals surface area (Å²) in [6, 6.07) is 32.2. The van der Waals surface area contributed by atoms with Gasteiger partial charge in [0.25, 0.3) is 0 Å². The van der Waals surface area contributed by atoms with Gasteiger partial charge in [0.05, 0.1) is 0 Å². The fraction of sp³-hybridized carbons (Fsp3) is 0.143. The Morgan fingerprint density at radius 1 is 0.708 bits per heavy atom. The fourth-order valence-electron chi connectivity index (χ4n) is 3.24. The van der Waals surface area contributed by atoms with E-state index in [-0.39, 0.29) is 18.1 Å². The minimum Gasteiger partial charge on any atom is -0.329 e. The van der Waals surface area contributed by atoms with Crippen LogP contribution in [0.25, 0.3) is 0 Å². The molecule has 0 spiro atoms. The highest BCUT2D eigenvalue weighted by molar-refractivity contribution is 7.02. The summed E-state index contributed by atoms with van der Waals surface area (Å²) in [4.78, 5) is 0. The third-order valence-electron chi connectivity index (χ3n) is 4.79. The standard InChI is InChI=1S/C21H23NSi.ClH/c1-23(19-13-7-3-8-14-19,20-15-9-4-10-16-20)21(22)17-18-11-5-2-6-12-18;/h2-16,21H,17,22H2,1H3;1H. The monoisotopic (exact) mass is 353 g/mol. The molecule has 0 bridgehead atoms. The third-order valence-corrected chi connectivity index (χ3v) is 9.54. The molecule has 0 aliphatic heterocycles. The van der Waals surface area contributed by atoms with E-state index in [4.69, 9.17) is 5.73 Å². The molecule has 0 aliphatic carbocycles. The molecule has 0 radical (unpaired) electrons. The van der Waals surface area contributed by atoms with Crippen molar-refractivity contribution in [2.24, 2.45) is 5.73 Å². The predicted octanol–water partition coefficient (Wildman–Crippen LogP) is 3.41. The maximum absolute atomic E-state index is 6.81. The smallest absolute Gasteiger partial charge is 0.131 e. The fourth-order valence-corrected chi connectivity index (χ4v) is 6.84. The average Bonchev–Trinajstić information content (AvgIpc) is 2.63. The van der Waals surface area contributed by atoms with Gasteiger partial charge in [0.15, 0.2) is 0 Å². The molecule has 0 heterocycles. The minimum atomic E-state index is -2.01. The number of rotatable bonds is 5. The second kappa shape index (κ2) is 8.29. The van der Waals surface area contributed by atoms with Gasteiger partial charge in [-0.25, -0.2) is 0 Å². The largest absolute Gasteiger partial charge is 0.329 e. The van der Waals surface area contributed by atoms with Crippen molar-refractivity contribution >= 4 is 30.9 Å². The first-order valence-corrected chi connectivity index (χ1v) is 10.7. The lowest BCUT2D eigenvalue weighted by Crippen LogP contribution is -2.68. The summed E-state index contributed by atoms with van der Waals surface area (Å²) in [5, 5.41) is 2.80. The average molecular weight is 354 g/mol. The Bertz CT molecular complexity index is 692. The zero-order chi connectivity index (χ0) is 16.1. The van der Waals surface area contributed by atoms with E-state index in [1.807, 2.05) is 0 Å². The molecular weight excluding hydrogens is 330 g/mol. The predicted molar refractivity (Wildman–Crippen MR) is 109 cm³/mol. The molecule has 24 heavy (non-hydrogen) atoms. The van der Waals surface area contributed by atoms with Crippen molar-refractivity contribution in [1.82, 2.24) is 0 Å². The molecule has 0 amide bonds. The zero-order valence-electron chi connectivity index (χ0n) is 13.9. The number of hydrogen-bond acceptors (Lipinski definition) is 1. The van der Waals surface area contributed by atoms with E-state index in [9.17, 15) is 0 Å². The molecular formula is C21H24ClNSi. The van der Waals surface area contributed by atoms with Crippen molar-refractivity contribution in [2.45, 2.75) is 18.6 Å². The Morgan fingerprint density at radius 2 is 1.08 bits per heavy atom. The van der Waals surface area contributed by atoms with Crippen molar-refractivity contribution in [3.8, 4) is 0 Å². The third kappa shape index (κ3) is 3.78. The summed E-state index contributed by atoms with van der Waals surface area (Å²) >= 11 is 0. The van der Waals surface area contributed by atoms with Crippen molar-refractivity contribution in [3.05, 3.63) is 96.6 Å². The Morgan fingerprint density at radius 3 is 1.50 bits per heavy atom. The number of hydrogen-bond donors (Lipinski definition) is 1. The van der Waals surface area contributed by atoms with E-state index >= 15 is 0 Å². The molecule has 3 aromatic rings. The van der Waals surface area contributed by atoms with E-state index in [1.54, 1.807) is 0 Å². The SMILES string of the molecule is C[Si](c1ccccc1)(c1ccccc1)C(N)Cc1ccccc1.Cl. The molecule has 1 atom stereocenters. The molecule has 3 aromatic carbocycles. The van der Waals surface area contributed by atoms with Gasteiger partial charge in [0.1, 0.15) is 8.07 Å². The maximum Gasteiger partial charge on any atom is 0.131 e. The highest BCUT2D eigenvalue weighted by Crippen LogP contribution is 2.14. The van der Waals surface area contributed by atoms with Crippen LogP contribution in [-0.2, 0) is 6.42 Å². The Hall–Kier alpha value is -1.87. The summed E-state index contributed by atoms with van der Waals surface area (Å²) in [5.74, 6) is 0. The van der Waals surface area contributed by atoms with Crippen LogP contribution in [0.15, 0.2) is 91.0 Å². The van der Waals surface area contributed by atoms with E-state index in [0.29, 0.717) is 0 Å². The molecule has 1 nitrogen and oxygen atoms in total. The van der Waals surface area contributed by atoms with Crippen molar-refractivity contribution in [2.75, 3.05) is 0 Å². The molecule has 0 saturated carbocycles. The first-order valence-electron chi connectivity index (χ1n) is 8.12. The van der Waals surface area contributed by atoms with Crippen LogP contribution in [0.1, 0.15) is 5.56 Å². The van der Waals surface area contributed by atoms with E-state index < -0.39 is 8.07 Å². The summed E-state index contributed by atoms with van der Waals surface area (Å²) in [5.41, 5.74) is 8.25. The van der Waals surface area contributed by atoms with Crippen molar-refractivity contribution in [1.29, 1.82) is 0 Å². The van der Waals surface area contributed by atoms with E-state index in [1.165, 1.54) is 15.9 Å². The Balaban J connectivity index is 0.00000208. The van der Waals surface area contributed by atoms with Gasteiger partial charge in [-0.2, -0.15) is 0 Å². The van der Waals surface area contributed by atoms with Crippen LogP contribution in [0.5, 0.6) is 0 Å². The Kier molecular flexibility index (Phi) is 6.38. The molecule has 0 aliphatic rings. The second-order valence-electron chi connectivity index (χ2n) is 6.23. The van der Waals surface area contributed by atoms with Gasteiger partial charge in [0, 0.05) is 5.67 Å². The molecule has 2 N–H and O–H groups in total. The summed E-state index contributed by atoms with van der Waals surface area (Å²) < 4.78 is 0. The molecule has 3 rings (SSSR count). The van der Waals surface area contributed by atoms with Gasteiger partial charge in [-0.1, -0.05) is 108 Å². The van der Waals surface area contributed by atoms with Crippen LogP contribution in [0.2, 0.25) is 6.55 Å². The van der Waals surface area contributed by atoms with Crippen LogP contribution in [0.4, 0.5) is 0 Å². The highest BCUT2D eigenvalue weighted by Gasteiger charge is 2.38. The number of benzene rings is 3. The molecule has 1 unspecified atom stereocenters. The zero-order valence-corrected chi connectivity index (χ0v) is 15.7. The normalized spacial score (nSPS) is 12.2. The van der Waals surface area contributed by atoms with Crippen LogP contribution in [0, 0.1) is 0 Å². The molecule has 0 saturated heterocycles. The van der Waals surface area contributed by atoms with E-state index in [2.05, 4.69) is 97.5 Å².